The molecule has 0 atom stereocenters. The summed E-state index contributed by atoms with van der Waals surface area (Å²) >= 11 is 0. The van der Waals surface area contributed by atoms with Gasteiger partial charge >= 0.3 is 0 Å². The number of ether oxygens (including phenoxy) is 1. The van der Waals surface area contributed by atoms with Crippen molar-refractivity contribution in [2.45, 2.75) is 13.3 Å². The summed E-state index contributed by atoms with van der Waals surface area (Å²) in [6.07, 6.45) is 1.03. The summed E-state index contributed by atoms with van der Waals surface area (Å²) in [4.78, 5) is 0. The van der Waals surface area contributed by atoms with E-state index in [0.29, 0.717) is 0 Å². The second kappa shape index (κ2) is 3.67. The molecule has 0 fully saturated rings. The monoisotopic (exact) mass is 210 g/mol. The minimum atomic E-state index is 0.818. The normalized spacial score (nSPS) is 13.3. The topological polar surface area (TPSA) is 9.23 Å². The van der Waals surface area contributed by atoms with Gasteiger partial charge in [0.15, 0.2) is 0 Å². The third-order valence-corrected chi connectivity index (χ3v) is 3.11. The van der Waals surface area contributed by atoms with Crippen molar-refractivity contribution in [2.24, 2.45) is 0 Å². The third kappa shape index (κ3) is 1.49. The number of benzene rings is 2. The highest BCUT2D eigenvalue weighted by atomic mass is 16.5. The molecule has 16 heavy (non-hydrogen) atoms. The second-order valence-corrected chi connectivity index (χ2v) is 4.25. The highest BCUT2D eigenvalue weighted by molar-refractivity contribution is 5.71. The molecule has 0 N–H and O–H groups in total. The molecule has 3 rings (SSSR count). The summed E-state index contributed by atoms with van der Waals surface area (Å²) in [5.41, 5.74) is 5.25. The molecule has 0 unspecified atom stereocenters. The molecule has 1 heteroatoms. The quantitative estimate of drug-likeness (QED) is 0.698. The van der Waals surface area contributed by atoms with Crippen LogP contribution in [0, 0.1) is 6.92 Å². The van der Waals surface area contributed by atoms with E-state index >= 15 is 0 Å². The SMILES string of the molecule is Cc1ccc(-c2cccc3c2CCO3)cc1. The summed E-state index contributed by atoms with van der Waals surface area (Å²) in [5.74, 6) is 1.05. The molecule has 1 nitrogen and oxygen atoms in total. The predicted molar refractivity (Wildman–Crippen MR) is 65.8 cm³/mol. The van der Waals surface area contributed by atoms with Gasteiger partial charge in [0.25, 0.3) is 0 Å². The van der Waals surface area contributed by atoms with Crippen LogP contribution in [-0.2, 0) is 6.42 Å². The average Bonchev–Trinajstić information content (AvgIpc) is 2.78. The maximum atomic E-state index is 5.58. The summed E-state index contributed by atoms with van der Waals surface area (Å²) in [7, 11) is 0. The lowest BCUT2D eigenvalue weighted by atomic mass is 9.97. The fourth-order valence-electron chi connectivity index (χ4n) is 2.23. The van der Waals surface area contributed by atoms with E-state index in [1.807, 2.05) is 0 Å². The van der Waals surface area contributed by atoms with Crippen LogP contribution in [-0.4, -0.2) is 6.61 Å². The first-order valence-corrected chi connectivity index (χ1v) is 5.66. The Morgan fingerprint density at radius 2 is 1.81 bits per heavy atom. The van der Waals surface area contributed by atoms with Crippen molar-refractivity contribution in [1.82, 2.24) is 0 Å². The van der Waals surface area contributed by atoms with Gasteiger partial charge in [-0.15, -0.1) is 0 Å². The number of hydrogen-bond donors (Lipinski definition) is 0. The van der Waals surface area contributed by atoms with Crippen LogP contribution in [0.4, 0.5) is 0 Å². The first kappa shape index (κ1) is 9.46. The van der Waals surface area contributed by atoms with Gasteiger partial charge in [0, 0.05) is 12.0 Å². The van der Waals surface area contributed by atoms with Crippen LogP contribution in [0.25, 0.3) is 11.1 Å². The highest BCUT2D eigenvalue weighted by Crippen LogP contribution is 2.34. The van der Waals surface area contributed by atoms with Crippen LogP contribution in [0.5, 0.6) is 5.75 Å². The molecular formula is C15H14O. The summed E-state index contributed by atoms with van der Waals surface area (Å²) in [6.45, 7) is 2.93. The zero-order chi connectivity index (χ0) is 11.0. The van der Waals surface area contributed by atoms with E-state index < -0.39 is 0 Å². The Balaban J connectivity index is 2.13. The van der Waals surface area contributed by atoms with Crippen molar-refractivity contribution in [3.05, 3.63) is 53.6 Å². The lowest BCUT2D eigenvalue weighted by molar-refractivity contribution is 0.357. The lowest BCUT2D eigenvalue weighted by Crippen LogP contribution is -1.87. The van der Waals surface area contributed by atoms with Crippen LogP contribution >= 0.6 is 0 Å². The number of rotatable bonds is 1. The molecule has 1 aliphatic rings. The van der Waals surface area contributed by atoms with Gasteiger partial charge in [0.05, 0.1) is 6.61 Å². The van der Waals surface area contributed by atoms with Crippen LogP contribution in [0.15, 0.2) is 42.5 Å². The molecule has 2 aromatic rings. The van der Waals surface area contributed by atoms with Crippen LogP contribution < -0.4 is 4.74 Å². The van der Waals surface area contributed by atoms with Gasteiger partial charge in [-0.05, 0) is 24.1 Å². The molecule has 0 amide bonds. The number of fused-ring (bicyclic) bond motifs is 1. The maximum absolute atomic E-state index is 5.58. The molecule has 0 spiro atoms. The summed E-state index contributed by atoms with van der Waals surface area (Å²) in [6, 6.07) is 15.0. The van der Waals surface area contributed by atoms with Gasteiger partial charge in [-0.2, -0.15) is 0 Å². The Labute approximate surface area is 95.7 Å². The largest absolute Gasteiger partial charge is 0.493 e. The Hall–Kier alpha value is -1.76. The molecule has 0 bridgehead atoms. The molecule has 0 saturated heterocycles. The van der Waals surface area contributed by atoms with E-state index in [-0.39, 0.29) is 0 Å². The molecule has 1 heterocycles. The summed E-state index contributed by atoms with van der Waals surface area (Å²) in [5, 5.41) is 0. The van der Waals surface area contributed by atoms with Gasteiger partial charge in [0.1, 0.15) is 5.75 Å². The van der Waals surface area contributed by atoms with E-state index in [1.165, 1.54) is 22.3 Å². The highest BCUT2D eigenvalue weighted by Gasteiger charge is 2.16. The molecule has 80 valence electrons. The molecule has 0 aromatic heterocycles. The molecule has 0 aliphatic carbocycles. The van der Waals surface area contributed by atoms with E-state index in [4.69, 9.17) is 4.74 Å². The molecular weight excluding hydrogens is 196 g/mol. The minimum Gasteiger partial charge on any atom is -0.493 e. The summed E-state index contributed by atoms with van der Waals surface area (Å²) < 4.78 is 5.58. The average molecular weight is 210 g/mol. The van der Waals surface area contributed by atoms with E-state index in [9.17, 15) is 0 Å². The van der Waals surface area contributed by atoms with Crippen molar-refractivity contribution in [2.75, 3.05) is 6.61 Å². The van der Waals surface area contributed by atoms with Crippen LogP contribution in [0.1, 0.15) is 11.1 Å². The lowest BCUT2D eigenvalue weighted by Gasteiger charge is -2.07. The van der Waals surface area contributed by atoms with E-state index in [1.54, 1.807) is 0 Å². The van der Waals surface area contributed by atoms with Crippen molar-refractivity contribution < 1.29 is 4.74 Å². The zero-order valence-electron chi connectivity index (χ0n) is 9.36. The first-order valence-electron chi connectivity index (χ1n) is 5.66. The van der Waals surface area contributed by atoms with Crippen molar-refractivity contribution >= 4 is 0 Å². The fourth-order valence-corrected chi connectivity index (χ4v) is 2.23. The fraction of sp³-hybridized carbons (Fsp3) is 0.200. The minimum absolute atomic E-state index is 0.818. The van der Waals surface area contributed by atoms with E-state index in [2.05, 4.69) is 49.4 Å². The Bertz CT molecular complexity index is 511. The van der Waals surface area contributed by atoms with Crippen molar-refractivity contribution in [1.29, 1.82) is 0 Å². The Kier molecular flexibility index (Phi) is 2.17. The third-order valence-electron chi connectivity index (χ3n) is 3.11. The molecule has 1 aliphatic heterocycles. The van der Waals surface area contributed by atoms with Gasteiger partial charge in [-0.3, -0.25) is 0 Å². The molecule has 0 saturated carbocycles. The standard InChI is InChI=1S/C15H14O/c1-11-5-7-12(8-6-11)13-3-2-4-15-14(13)9-10-16-15/h2-8H,9-10H2,1H3. The molecule has 0 radical (unpaired) electrons. The number of aryl methyl sites for hydroxylation is 1. The Morgan fingerprint density at radius 3 is 2.62 bits per heavy atom. The molecule has 2 aromatic carbocycles. The zero-order valence-corrected chi connectivity index (χ0v) is 9.36. The smallest absolute Gasteiger partial charge is 0.123 e. The predicted octanol–water partition coefficient (Wildman–Crippen LogP) is 3.60. The maximum Gasteiger partial charge on any atom is 0.123 e. The van der Waals surface area contributed by atoms with Crippen molar-refractivity contribution in [3.8, 4) is 16.9 Å². The van der Waals surface area contributed by atoms with E-state index in [0.717, 1.165) is 18.8 Å². The number of hydrogen-bond acceptors (Lipinski definition) is 1. The van der Waals surface area contributed by atoms with Gasteiger partial charge in [0.2, 0.25) is 0 Å². The van der Waals surface area contributed by atoms with Gasteiger partial charge in [-0.1, -0.05) is 42.0 Å². The van der Waals surface area contributed by atoms with Crippen LogP contribution in [0.3, 0.4) is 0 Å². The van der Waals surface area contributed by atoms with Gasteiger partial charge in [-0.25, -0.2) is 0 Å². The van der Waals surface area contributed by atoms with Crippen LogP contribution in [0.2, 0.25) is 0 Å². The Morgan fingerprint density at radius 1 is 1.00 bits per heavy atom. The van der Waals surface area contributed by atoms with Gasteiger partial charge < -0.3 is 4.74 Å². The van der Waals surface area contributed by atoms with Crippen molar-refractivity contribution in [3.63, 3.8) is 0 Å². The first-order chi connectivity index (χ1) is 7.84. The second-order valence-electron chi connectivity index (χ2n) is 4.25.